The van der Waals surface area contributed by atoms with E-state index in [4.69, 9.17) is 5.11 Å². The summed E-state index contributed by atoms with van der Waals surface area (Å²) in [6.45, 7) is 0. The second-order valence-electron chi connectivity index (χ2n) is 5.45. The molecule has 5 nitrogen and oxygen atoms in total. The normalized spacial score (nSPS) is 27.7. The number of phenols is 1. The van der Waals surface area contributed by atoms with Crippen LogP contribution in [0.25, 0.3) is 0 Å². The first-order valence-electron chi connectivity index (χ1n) is 6.41. The van der Waals surface area contributed by atoms with Crippen molar-refractivity contribution in [3.05, 3.63) is 23.8 Å². The molecule has 3 N–H and O–H groups in total. The summed E-state index contributed by atoms with van der Waals surface area (Å²) in [7, 11) is 0. The molecule has 0 aliphatic heterocycles. The van der Waals surface area contributed by atoms with Crippen molar-refractivity contribution in [1.29, 1.82) is 0 Å². The number of hydrogen-bond acceptors (Lipinski definition) is 3. The Morgan fingerprint density at radius 1 is 1.16 bits per heavy atom. The van der Waals surface area contributed by atoms with Crippen molar-refractivity contribution in [2.45, 2.75) is 19.3 Å². The molecule has 0 aromatic heterocycles. The number of carbonyl (C=O) groups excluding carboxylic acids is 1. The van der Waals surface area contributed by atoms with Gasteiger partial charge in [0.1, 0.15) is 11.3 Å². The molecule has 2 aliphatic carbocycles. The molecule has 100 valence electrons. The largest absolute Gasteiger partial charge is 0.507 e. The minimum absolute atomic E-state index is 0.0470. The fourth-order valence-corrected chi connectivity index (χ4v) is 2.96. The number of aromatic carboxylic acids is 1. The number of carboxylic acids is 1. The maximum absolute atomic E-state index is 12.0. The van der Waals surface area contributed by atoms with Crippen LogP contribution in [0.5, 0.6) is 5.75 Å². The average Bonchev–Trinajstić information content (AvgIpc) is 2.98. The van der Waals surface area contributed by atoms with Gasteiger partial charge in [-0.25, -0.2) is 4.79 Å². The van der Waals surface area contributed by atoms with Crippen molar-refractivity contribution in [3.8, 4) is 5.75 Å². The highest BCUT2D eigenvalue weighted by Gasteiger charge is 2.47. The summed E-state index contributed by atoms with van der Waals surface area (Å²) >= 11 is 0. The molecule has 0 saturated heterocycles. The van der Waals surface area contributed by atoms with Crippen molar-refractivity contribution in [2.24, 2.45) is 17.8 Å². The van der Waals surface area contributed by atoms with E-state index in [2.05, 4.69) is 5.32 Å². The van der Waals surface area contributed by atoms with Crippen molar-refractivity contribution in [1.82, 2.24) is 0 Å². The van der Waals surface area contributed by atoms with Crippen molar-refractivity contribution in [2.75, 3.05) is 5.32 Å². The molecule has 2 aliphatic rings. The molecule has 3 rings (SSSR count). The first-order chi connectivity index (χ1) is 9.04. The molecule has 2 fully saturated rings. The summed E-state index contributed by atoms with van der Waals surface area (Å²) in [4.78, 5) is 22.9. The molecule has 2 unspecified atom stereocenters. The molecule has 2 atom stereocenters. The molecule has 1 amide bonds. The summed E-state index contributed by atoms with van der Waals surface area (Å²) in [5.41, 5.74) is 0.216. The Kier molecular flexibility index (Phi) is 2.69. The predicted octanol–water partition coefficient (Wildman–Crippen LogP) is 2.07. The number of hydrogen-bond donors (Lipinski definition) is 3. The molecule has 0 radical (unpaired) electrons. The zero-order valence-corrected chi connectivity index (χ0v) is 10.3. The monoisotopic (exact) mass is 261 g/mol. The van der Waals surface area contributed by atoms with Gasteiger partial charge in [-0.2, -0.15) is 0 Å². The third kappa shape index (κ3) is 2.28. The van der Waals surface area contributed by atoms with E-state index in [9.17, 15) is 14.7 Å². The van der Waals surface area contributed by atoms with Crippen LogP contribution in [0.1, 0.15) is 29.6 Å². The summed E-state index contributed by atoms with van der Waals surface area (Å²) in [6, 6.07) is 4.08. The van der Waals surface area contributed by atoms with Gasteiger partial charge in [-0.3, -0.25) is 4.79 Å². The van der Waals surface area contributed by atoms with Crippen molar-refractivity contribution < 1.29 is 19.8 Å². The fourth-order valence-electron chi connectivity index (χ4n) is 2.96. The zero-order chi connectivity index (χ0) is 13.6. The van der Waals surface area contributed by atoms with Gasteiger partial charge in [-0.15, -0.1) is 0 Å². The average molecular weight is 261 g/mol. The van der Waals surface area contributed by atoms with E-state index in [0.717, 1.165) is 24.7 Å². The highest BCUT2D eigenvalue weighted by atomic mass is 16.4. The van der Waals surface area contributed by atoms with Crippen LogP contribution in [-0.4, -0.2) is 22.1 Å². The topological polar surface area (TPSA) is 86.6 Å². The quantitative estimate of drug-likeness (QED) is 0.727. The number of fused-ring (bicyclic) bond motifs is 1. The van der Waals surface area contributed by atoms with E-state index in [0.29, 0.717) is 5.69 Å². The van der Waals surface area contributed by atoms with E-state index < -0.39 is 5.97 Å². The Hall–Kier alpha value is -2.04. The molecular weight excluding hydrogens is 246 g/mol. The van der Waals surface area contributed by atoms with Crippen LogP contribution in [0.3, 0.4) is 0 Å². The summed E-state index contributed by atoms with van der Waals surface area (Å²) in [6.07, 6.45) is 3.15. The van der Waals surface area contributed by atoms with Crippen LogP contribution in [0.4, 0.5) is 5.69 Å². The van der Waals surface area contributed by atoms with Gasteiger partial charge in [0.15, 0.2) is 0 Å². The molecular formula is C14H15NO4. The number of benzene rings is 1. The molecule has 0 bridgehead atoms. The van der Waals surface area contributed by atoms with Crippen LogP contribution in [-0.2, 0) is 4.79 Å². The van der Waals surface area contributed by atoms with E-state index in [1.807, 2.05) is 0 Å². The second kappa shape index (κ2) is 4.26. The van der Waals surface area contributed by atoms with E-state index in [1.54, 1.807) is 0 Å². The lowest BCUT2D eigenvalue weighted by Crippen LogP contribution is -2.21. The van der Waals surface area contributed by atoms with Crippen LogP contribution >= 0.6 is 0 Å². The Morgan fingerprint density at radius 2 is 1.84 bits per heavy atom. The summed E-state index contributed by atoms with van der Waals surface area (Å²) < 4.78 is 0. The molecule has 1 aromatic carbocycles. The Labute approximate surface area is 110 Å². The van der Waals surface area contributed by atoms with E-state index in [-0.39, 0.29) is 23.1 Å². The number of carbonyl (C=O) groups is 2. The molecule has 1 aromatic rings. The zero-order valence-electron chi connectivity index (χ0n) is 10.3. The summed E-state index contributed by atoms with van der Waals surface area (Å²) in [5.74, 6) is -0.0568. The lowest BCUT2D eigenvalue weighted by molar-refractivity contribution is -0.120. The minimum Gasteiger partial charge on any atom is -0.507 e. The summed E-state index contributed by atoms with van der Waals surface area (Å²) in [5, 5.41) is 21.0. The van der Waals surface area contributed by atoms with Gasteiger partial charge in [0, 0.05) is 11.6 Å². The highest BCUT2D eigenvalue weighted by Crippen LogP contribution is 2.54. The maximum Gasteiger partial charge on any atom is 0.339 e. The van der Waals surface area contributed by atoms with Crippen LogP contribution < -0.4 is 5.32 Å². The fraction of sp³-hybridized carbons (Fsp3) is 0.429. The van der Waals surface area contributed by atoms with E-state index >= 15 is 0 Å². The standard InChI is InChI=1S/C14H15NO4/c16-12-2-1-10(6-11(12)14(18)19)15-13(17)9-4-7-3-8(7)5-9/h1-2,6-9,16H,3-5H2,(H,15,17)(H,18,19). The number of nitrogens with one attached hydrogen (secondary N) is 1. The smallest absolute Gasteiger partial charge is 0.339 e. The Balaban J connectivity index is 1.70. The van der Waals surface area contributed by atoms with Gasteiger partial charge < -0.3 is 15.5 Å². The Morgan fingerprint density at radius 3 is 2.47 bits per heavy atom. The number of anilines is 1. The number of rotatable bonds is 3. The number of amides is 1. The molecule has 2 saturated carbocycles. The van der Waals surface area contributed by atoms with Gasteiger partial charge in [-0.1, -0.05) is 0 Å². The third-order valence-electron chi connectivity index (χ3n) is 4.11. The first-order valence-corrected chi connectivity index (χ1v) is 6.41. The third-order valence-corrected chi connectivity index (χ3v) is 4.11. The van der Waals surface area contributed by atoms with Gasteiger partial charge in [0.2, 0.25) is 5.91 Å². The lowest BCUT2D eigenvalue weighted by Gasteiger charge is -2.13. The van der Waals surface area contributed by atoms with Crippen LogP contribution in [0, 0.1) is 17.8 Å². The first kappa shape index (κ1) is 12.0. The molecule has 5 heteroatoms. The SMILES string of the molecule is O=C(O)c1cc(NC(=O)C2CC3CC3C2)ccc1O. The van der Waals surface area contributed by atoms with Gasteiger partial charge in [0.05, 0.1) is 0 Å². The van der Waals surface area contributed by atoms with Crippen molar-refractivity contribution >= 4 is 17.6 Å². The number of carboxylic acid groups (broad SMARTS) is 1. The van der Waals surface area contributed by atoms with Gasteiger partial charge in [-0.05, 0) is 49.3 Å². The second-order valence-corrected chi connectivity index (χ2v) is 5.45. The maximum atomic E-state index is 12.0. The Bertz CT molecular complexity index is 544. The molecule has 19 heavy (non-hydrogen) atoms. The molecule has 0 heterocycles. The van der Waals surface area contributed by atoms with Gasteiger partial charge in [0.25, 0.3) is 0 Å². The van der Waals surface area contributed by atoms with E-state index in [1.165, 1.54) is 24.6 Å². The minimum atomic E-state index is -1.21. The molecule has 0 spiro atoms. The lowest BCUT2D eigenvalue weighted by atomic mass is 10.0. The van der Waals surface area contributed by atoms with Crippen molar-refractivity contribution in [3.63, 3.8) is 0 Å². The van der Waals surface area contributed by atoms with Gasteiger partial charge >= 0.3 is 5.97 Å². The number of aromatic hydroxyl groups is 1. The highest BCUT2D eigenvalue weighted by molar-refractivity contribution is 5.96. The predicted molar refractivity (Wildman–Crippen MR) is 68.0 cm³/mol. The van der Waals surface area contributed by atoms with Crippen LogP contribution in [0.15, 0.2) is 18.2 Å². The van der Waals surface area contributed by atoms with Crippen LogP contribution in [0.2, 0.25) is 0 Å².